The van der Waals surface area contributed by atoms with Crippen LogP contribution in [0.25, 0.3) is 0 Å². The topological polar surface area (TPSA) is 71.6 Å². The molecule has 108 valence electrons. The summed E-state index contributed by atoms with van der Waals surface area (Å²) in [7, 11) is 1.68. The molecule has 0 aliphatic carbocycles. The number of ether oxygens (including phenoxy) is 1. The molecule has 1 fully saturated rings. The van der Waals surface area contributed by atoms with Crippen LogP contribution in [0.4, 0.5) is 6.01 Å². The maximum absolute atomic E-state index is 9.76. The number of nitrogens with zero attached hydrogens (tertiary/aromatic N) is 3. The predicted molar refractivity (Wildman–Crippen MR) is 71.2 cm³/mol. The Kier molecular flexibility index (Phi) is 4.42. The number of hydrogen-bond acceptors (Lipinski definition) is 6. The largest absolute Gasteiger partial charge is 0.393 e. The van der Waals surface area contributed by atoms with E-state index in [1.165, 1.54) is 0 Å². The minimum Gasteiger partial charge on any atom is -0.393 e. The molecule has 1 aromatic rings. The minimum absolute atomic E-state index is 0.0110. The van der Waals surface area contributed by atoms with Crippen molar-refractivity contribution in [3.8, 4) is 0 Å². The average molecular weight is 269 g/mol. The first kappa shape index (κ1) is 14.3. The first-order chi connectivity index (χ1) is 9.02. The SMILES string of the molecule is CO[C@H]1CN(c2nc(C(C)C)no2)CC[C@H]1C(C)O. The van der Waals surface area contributed by atoms with E-state index in [1.54, 1.807) is 7.11 Å². The Bertz CT molecular complexity index is 406. The van der Waals surface area contributed by atoms with Gasteiger partial charge in [-0.1, -0.05) is 19.0 Å². The molecular weight excluding hydrogens is 246 g/mol. The third-order valence-electron chi connectivity index (χ3n) is 3.75. The van der Waals surface area contributed by atoms with Gasteiger partial charge in [-0.15, -0.1) is 0 Å². The fourth-order valence-corrected chi connectivity index (χ4v) is 2.50. The van der Waals surface area contributed by atoms with Crippen LogP contribution in [-0.2, 0) is 4.74 Å². The minimum atomic E-state index is -0.360. The van der Waals surface area contributed by atoms with Gasteiger partial charge in [-0.25, -0.2) is 0 Å². The van der Waals surface area contributed by atoms with Crippen LogP contribution in [0.2, 0.25) is 0 Å². The van der Waals surface area contributed by atoms with Crippen molar-refractivity contribution in [3.05, 3.63) is 5.82 Å². The summed E-state index contributed by atoms with van der Waals surface area (Å²) >= 11 is 0. The van der Waals surface area contributed by atoms with Crippen molar-refractivity contribution in [1.82, 2.24) is 10.1 Å². The van der Waals surface area contributed by atoms with E-state index >= 15 is 0 Å². The van der Waals surface area contributed by atoms with Crippen LogP contribution in [-0.4, -0.2) is 47.7 Å². The van der Waals surface area contributed by atoms with Gasteiger partial charge in [0.15, 0.2) is 5.82 Å². The molecule has 2 heterocycles. The Morgan fingerprint density at radius 2 is 2.16 bits per heavy atom. The molecule has 0 saturated carbocycles. The molecule has 0 bridgehead atoms. The van der Waals surface area contributed by atoms with E-state index < -0.39 is 0 Å². The Balaban J connectivity index is 2.06. The normalized spacial score (nSPS) is 25.9. The summed E-state index contributed by atoms with van der Waals surface area (Å²) in [5.74, 6) is 1.14. The van der Waals surface area contributed by atoms with E-state index in [9.17, 15) is 5.11 Å². The van der Waals surface area contributed by atoms with E-state index in [1.807, 2.05) is 25.7 Å². The summed E-state index contributed by atoms with van der Waals surface area (Å²) in [5, 5.41) is 13.7. The number of methoxy groups -OCH3 is 1. The van der Waals surface area contributed by atoms with Crippen LogP contribution in [0.15, 0.2) is 4.52 Å². The molecule has 0 spiro atoms. The van der Waals surface area contributed by atoms with Gasteiger partial charge < -0.3 is 19.3 Å². The first-order valence-corrected chi connectivity index (χ1v) is 6.82. The molecule has 3 atom stereocenters. The van der Waals surface area contributed by atoms with Crippen LogP contribution in [0, 0.1) is 5.92 Å². The zero-order valence-corrected chi connectivity index (χ0v) is 12.0. The molecule has 6 heteroatoms. The number of hydrogen-bond donors (Lipinski definition) is 1. The zero-order chi connectivity index (χ0) is 14.0. The second kappa shape index (κ2) is 5.88. The van der Waals surface area contributed by atoms with Crippen LogP contribution in [0.5, 0.6) is 0 Å². The van der Waals surface area contributed by atoms with Gasteiger partial charge in [-0.05, 0) is 13.3 Å². The molecule has 1 saturated heterocycles. The number of anilines is 1. The van der Waals surface area contributed by atoms with Gasteiger partial charge in [-0.2, -0.15) is 4.98 Å². The Hall–Kier alpha value is -1.14. The monoisotopic (exact) mass is 269 g/mol. The van der Waals surface area contributed by atoms with Gasteiger partial charge in [-0.3, -0.25) is 0 Å². The van der Waals surface area contributed by atoms with Gasteiger partial charge >= 0.3 is 6.01 Å². The lowest BCUT2D eigenvalue weighted by Gasteiger charge is -2.38. The molecule has 0 radical (unpaired) electrons. The number of rotatable bonds is 4. The number of aromatic nitrogens is 2. The maximum atomic E-state index is 9.76. The Morgan fingerprint density at radius 1 is 1.42 bits per heavy atom. The summed E-state index contributed by atoms with van der Waals surface area (Å²) in [6.07, 6.45) is 0.486. The van der Waals surface area contributed by atoms with Crippen LogP contribution >= 0.6 is 0 Å². The van der Waals surface area contributed by atoms with E-state index in [2.05, 4.69) is 10.1 Å². The molecule has 0 amide bonds. The molecule has 19 heavy (non-hydrogen) atoms. The quantitative estimate of drug-likeness (QED) is 0.891. The fraction of sp³-hybridized carbons (Fsp3) is 0.846. The van der Waals surface area contributed by atoms with Gasteiger partial charge in [0.1, 0.15) is 0 Å². The van der Waals surface area contributed by atoms with Gasteiger partial charge in [0.2, 0.25) is 0 Å². The van der Waals surface area contributed by atoms with Crippen molar-refractivity contribution in [2.45, 2.75) is 45.3 Å². The van der Waals surface area contributed by atoms with E-state index in [0.717, 1.165) is 18.8 Å². The molecule has 1 aromatic heterocycles. The van der Waals surface area contributed by atoms with Crippen molar-refractivity contribution in [2.24, 2.45) is 5.92 Å². The smallest absolute Gasteiger partial charge is 0.324 e. The van der Waals surface area contributed by atoms with Crippen molar-refractivity contribution in [2.75, 3.05) is 25.1 Å². The van der Waals surface area contributed by atoms with Crippen molar-refractivity contribution in [3.63, 3.8) is 0 Å². The third kappa shape index (κ3) is 3.06. The van der Waals surface area contributed by atoms with Crippen molar-refractivity contribution >= 4 is 6.01 Å². The number of aliphatic hydroxyl groups is 1. The third-order valence-corrected chi connectivity index (χ3v) is 3.75. The van der Waals surface area contributed by atoms with Gasteiger partial charge in [0.05, 0.1) is 12.2 Å². The highest BCUT2D eigenvalue weighted by atomic mass is 16.5. The lowest BCUT2D eigenvalue weighted by atomic mass is 9.89. The molecule has 1 unspecified atom stereocenters. The molecular formula is C13H23N3O3. The highest BCUT2D eigenvalue weighted by Gasteiger charge is 2.34. The Labute approximate surface area is 113 Å². The zero-order valence-electron chi connectivity index (χ0n) is 12.0. The molecule has 1 N–H and O–H groups in total. The van der Waals surface area contributed by atoms with Crippen LogP contribution in [0.1, 0.15) is 38.9 Å². The summed E-state index contributed by atoms with van der Waals surface area (Å²) in [6.45, 7) is 7.36. The lowest BCUT2D eigenvalue weighted by Crippen LogP contribution is -2.48. The molecule has 1 aliphatic rings. The fourth-order valence-electron chi connectivity index (χ4n) is 2.50. The van der Waals surface area contributed by atoms with E-state index in [4.69, 9.17) is 9.26 Å². The summed E-state index contributed by atoms with van der Waals surface area (Å²) in [4.78, 5) is 6.44. The highest BCUT2D eigenvalue weighted by Crippen LogP contribution is 2.27. The van der Waals surface area contributed by atoms with Crippen molar-refractivity contribution < 1.29 is 14.4 Å². The lowest BCUT2D eigenvalue weighted by molar-refractivity contribution is -0.0165. The summed E-state index contributed by atoms with van der Waals surface area (Å²) in [5.41, 5.74) is 0. The van der Waals surface area contributed by atoms with E-state index in [-0.39, 0.29) is 24.0 Å². The molecule has 6 nitrogen and oxygen atoms in total. The summed E-state index contributed by atoms with van der Waals surface area (Å²) in [6, 6.07) is 0.551. The van der Waals surface area contributed by atoms with E-state index in [0.29, 0.717) is 12.6 Å². The predicted octanol–water partition coefficient (Wildman–Crippen LogP) is 1.42. The van der Waals surface area contributed by atoms with Gasteiger partial charge in [0.25, 0.3) is 0 Å². The Morgan fingerprint density at radius 3 is 2.68 bits per heavy atom. The van der Waals surface area contributed by atoms with Crippen molar-refractivity contribution in [1.29, 1.82) is 0 Å². The molecule has 2 rings (SSSR count). The van der Waals surface area contributed by atoms with Crippen LogP contribution in [0.3, 0.4) is 0 Å². The van der Waals surface area contributed by atoms with Gasteiger partial charge in [0, 0.05) is 32.0 Å². The molecule has 1 aliphatic heterocycles. The summed E-state index contributed by atoms with van der Waals surface area (Å²) < 4.78 is 10.8. The van der Waals surface area contributed by atoms with Crippen LogP contribution < -0.4 is 4.90 Å². The number of aliphatic hydroxyl groups excluding tert-OH is 1. The standard InChI is InChI=1S/C13H23N3O3/c1-8(2)12-14-13(19-15-12)16-6-5-10(9(3)17)11(7-16)18-4/h8-11,17H,5-7H2,1-4H3/t9?,10-,11-/m0/s1. The maximum Gasteiger partial charge on any atom is 0.324 e. The highest BCUT2D eigenvalue weighted by molar-refractivity contribution is 5.27. The second-order valence-corrected chi connectivity index (χ2v) is 5.50. The average Bonchev–Trinajstić information content (AvgIpc) is 2.87. The number of piperidine rings is 1. The first-order valence-electron chi connectivity index (χ1n) is 6.82. The second-order valence-electron chi connectivity index (χ2n) is 5.50. The molecule has 0 aromatic carbocycles.